The Bertz CT molecular complexity index is 649. The summed E-state index contributed by atoms with van der Waals surface area (Å²) < 4.78 is 10.9. The Labute approximate surface area is 136 Å². The van der Waals surface area contributed by atoms with E-state index in [-0.39, 0.29) is 24.2 Å². The highest BCUT2D eigenvalue weighted by molar-refractivity contribution is 5.89. The second-order valence-electron chi connectivity index (χ2n) is 6.61. The number of carbonyl (C=O) groups excluding carboxylic acids is 1. The van der Waals surface area contributed by atoms with E-state index >= 15 is 0 Å². The molecule has 0 radical (unpaired) electrons. The zero-order valence-corrected chi connectivity index (χ0v) is 14.0. The number of rotatable bonds is 6. The molecular weight excluding hydrogens is 296 g/mol. The summed E-state index contributed by atoms with van der Waals surface area (Å²) in [6.07, 6.45) is 2.37. The number of ether oxygens (including phenoxy) is 2. The minimum Gasteiger partial charge on any atom is -0.493 e. The molecule has 1 aliphatic carbocycles. The molecule has 0 saturated carbocycles. The number of esters is 1. The zero-order chi connectivity index (χ0) is 17.0. The van der Waals surface area contributed by atoms with Crippen molar-refractivity contribution in [3.8, 4) is 5.75 Å². The number of aliphatic hydroxyl groups excluding tert-OH is 1. The van der Waals surface area contributed by atoms with Crippen LogP contribution in [0.25, 0.3) is 0 Å². The highest BCUT2D eigenvalue weighted by Gasteiger charge is 2.23. The summed E-state index contributed by atoms with van der Waals surface area (Å²) in [6.45, 7) is 6.05. The summed E-state index contributed by atoms with van der Waals surface area (Å²) in [7, 11) is 0. The van der Waals surface area contributed by atoms with E-state index in [1.165, 1.54) is 6.07 Å². The van der Waals surface area contributed by atoms with Gasteiger partial charge in [-0.05, 0) is 32.3 Å². The van der Waals surface area contributed by atoms with Gasteiger partial charge in [-0.1, -0.05) is 13.8 Å². The van der Waals surface area contributed by atoms with Crippen molar-refractivity contribution in [2.24, 2.45) is 5.41 Å². The Morgan fingerprint density at radius 2 is 1.96 bits per heavy atom. The fourth-order valence-electron chi connectivity index (χ4n) is 2.57. The van der Waals surface area contributed by atoms with Crippen molar-refractivity contribution < 1.29 is 19.4 Å². The van der Waals surface area contributed by atoms with Crippen molar-refractivity contribution in [2.45, 2.75) is 40.0 Å². The maximum Gasteiger partial charge on any atom is 0.338 e. The summed E-state index contributed by atoms with van der Waals surface area (Å²) >= 11 is 0. The molecule has 0 heterocycles. The van der Waals surface area contributed by atoms with E-state index in [1.54, 1.807) is 13.0 Å². The largest absolute Gasteiger partial charge is 0.493 e. The van der Waals surface area contributed by atoms with Gasteiger partial charge in [0.25, 0.3) is 0 Å². The maximum absolute atomic E-state index is 12.3. The molecule has 1 aliphatic rings. The van der Waals surface area contributed by atoms with E-state index in [9.17, 15) is 14.7 Å². The average molecular weight is 320 g/mol. The van der Waals surface area contributed by atoms with Gasteiger partial charge in [0.1, 0.15) is 5.75 Å². The highest BCUT2D eigenvalue weighted by atomic mass is 16.5. The molecule has 5 nitrogen and oxygen atoms in total. The number of hydrogen-bond acceptors (Lipinski definition) is 5. The fraction of sp³-hybridized carbons (Fsp3) is 0.556. The van der Waals surface area contributed by atoms with Crippen molar-refractivity contribution >= 4 is 5.97 Å². The maximum atomic E-state index is 12.3. The quantitative estimate of drug-likeness (QED) is 0.813. The highest BCUT2D eigenvalue weighted by Crippen LogP contribution is 2.30. The van der Waals surface area contributed by atoms with Crippen molar-refractivity contribution in [1.82, 2.24) is 0 Å². The smallest absolute Gasteiger partial charge is 0.338 e. The monoisotopic (exact) mass is 320 g/mol. The molecule has 0 saturated heterocycles. The van der Waals surface area contributed by atoms with Gasteiger partial charge < -0.3 is 14.6 Å². The fourth-order valence-corrected chi connectivity index (χ4v) is 2.57. The summed E-state index contributed by atoms with van der Waals surface area (Å²) in [5, 5.41) is 9.37. The average Bonchev–Trinajstić information content (AvgIpc) is 2.95. The summed E-state index contributed by atoms with van der Waals surface area (Å²) in [5.41, 5.74) is 1.26. The van der Waals surface area contributed by atoms with Gasteiger partial charge in [0.2, 0.25) is 0 Å². The lowest BCUT2D eigenvalue weighted by Gasteiger charge is -2.22. The normalized spacial score (nSPS) is 13.6. The van der Waals surface area contributed by atoms with Crippen LogP contribution >= 0.6 is 0 Å². The lowest BCUT2D eigenvalue weighted by atomic mass is 9.96. The summed E-state index contributed by atoms with van der Waals surface area (Å²) in [4.78, 5) is 24.4. The van der Waals surface area contributed by atoms with E-state index in [2.05, 4.69) is 0 Å². The lowest BCUT2D eigenvalue weighted by Crippen LogP contribution is -2.25. The van der Waals surface area contributed by atoms with Crippen LogP contribution < -0.4 is 10.2 Å². The first-order chi connectivity index (χ1) is 10.9. The van der Waals surface area contributed by atoms with Gasteiger partial charge in [0.05, 0.1) is 25.4 Å². The predicted octanol–water partition coefficient (Wildman–Crippen LogP) is 2.11. The van der Waals surface area contributed by atoms with Gasteiger partial charge >= 0.3 is 5.97 Å². The number of hydrogen-bond donors (Lipinski definition) is 1. The molecule has 0 atom stereocenters. The molecule has 0 spiro atoms. The van der Waals surface area contributed by atoms with Crippen LogP contribution in [-0.4, -0.2) is 30.9 Å². The SMILES string of the molecule is CCOC(=O)c1cc(OCC(C)(C)CO)c2c(c(=O)c1)CCC2. The molecule has 2 rings (SSSR count). The molecule has 0 fully saturated rings. The number of carbonyl (C=O) groups is 1. The van der Waals surface area contributed by atoms with E-state index in [4.69, 9.17) is 9.47 Å². The van der Waals surface area contributed by atoms with Crippen LogP contribution in [0.1, 0.15) is 48.7 Å². The Morgan fingerprint density at radius 1 is 1.26 bits per heavy atom. The molecule has 0 unspecified atom stereocenters. The van der Waals surface area contributed by atoms with Gasteiger partial charge in [-0.15, -0.1) is 0 Å². The molecule has 1 aromatic rings. The minimum atomic E-state index is -0.524. The molecule has 0 bridgehead atoms. The molecule has 23 heavy (non-hydrogen) atoms. The molecule has 1 aromatic carbocycles. The summed E-state index contributed by atoms with van der Waals surface area (Å²) in [6, 6.07) is 2.93. The van der Waals surface area contributed by atoms with Gasteiger partial charge in [-0.3, -0.25) is 4.79 Å². The summed E-state index contributed by atoms with van der Waals surface area (Å²) in [5.74, 6) is 0.0220. The third-order valence-corrected chi connectivity index (χ3v) is 3.94. The molecule has 1 N–H and O–H groups in total. The second-order valence-corrected chi connectivity index (χ2v) is 6.61. The molecule has 5 heteroatoms. The molecule has 126 valence electrons. The van der Waals surface area contributed by atoms with E-state index < -0.39 is 11.4 Å². The van der Waals surface area contributed by atoms with E-state index in [0.717, 1.165) is 24.0 Å². The van der Waals surface area contributed by atoms with Gasteiger partial charge in [0.15, 0.2) is 5.43 Å². The second kappa shape index (κ2) is 7.13. The van der Waals surface area contributed by atoms with Crippen LogP contribution in [0.15, 0.2) is 16.9 Å². The minimum absolute atomic E-state index is 0.00825. The lowest BCUT2D eigenvalue weighted by molar-refractivity contribution is 0.0525. The third kappa shape index (κ3) is 4.10. The van der Waals surface area contributed by atoms with Gasteiger partial charge in [0, 0.05) is 22.6 Å². The van der Waals surface area contributed by atoms with E-state index in [1.807, 2.05) is 13.8 Å². The number of fused-ring (bicyclic) bond motifs is 1. The Hall–Kier alpha value is -1.88. The first-order valence-corrected chi connectivity index (χ1v) is 7.99. The Balaban J connectivity index is 2.45. The molecular formula is C18H24O5. The topological polar surface area (TPSA) is 72.8 Å². The number of aliphatic hydroxyl groups is 1. The van der Waals surface area contributed by atoms with Crippen LogP contribution in [0.4, 0.5) is 0 Å². The third-order valence-electron chi connectivity index (χ3n) is 3.94. The van der Waals surface area contributed by atoms with Crippen molar-refractivity contribution in [3.05, 3.63) is 39.0 Å². The van der Waals surface area contributed by atoms with Crippen molar-refractivity contribution in [3.63, 3.8) is 0 Å². The Kier molecular flexibility index (Phi) is 5.42. The van der Waals surface area contributed by atoms with Crippen molar-refractivity contribution in [2.75, 3.05) is 19.8 Å². The van der Waals surface area contributed by atoms with Crippen LogP contribution in [0.2, 0.25) is 0 Å². The van der Waals surface area contributed by atoms with Gasteiger partial charge in [-0.25, -0.2) is 4.79 Å². The van der Waals surface area contributed by atoms with Crippen LogP contribution in [-0.2, 0) is 17.6 Å². The molecule has 0 aromatic heterocycles. The van der Waals surface area contributed by atoms with Crippen LogP contribution in [0, 0.1) is 5.41 Å². The van der Waals surface area contributed by atoms with Crippen LogP contribution in [0.3, 0.4) is 0 Å². The molecule has 0 aliphatic heterocycles. The van der Waals surface area contributed by atoms with Crippen LogP contribution in [0.5, 0.6) is 5.75 Å². The van der Waals surface area contributed by atoms with E-state index in [0.29, 0.717) is 18.8 Å². The first-order valence-electron chi connectivity index (χ1n) is 7.99. The standard InChI is InChI=1S/C18H24O5/c1-4-22-17(21)12-8-15(20)13-6-5-7-14(13)16(9-12)23-11-18(2,3)10-19/h8-9,19H,4-7,10-11H2,1-3H3. The first kappa shape index (κ1) is 17.5. The van der Waals surface area contributed by atoms with Gasteiger partial charge in [-0.2, -0.15) is 0 Å². The van der Waals surface area contributed by atoms with Crippen molar-refractivity contribution in [1.29, 1.82) is 0 Å². The predicted molar refractivity (Wildman–Crippen MR) is 87.1 cm³/mol. The Morgan fingerprint density at radius 3 is 2.61 bits per heavy atom. The zero-order valence-electron chi connectivity index (χ0n) is 14.0. The molecule has 0 amide bonds.